The smallest absolute Gasteiger partial charge is 0.224 e. The number of hydrogen-bond acceptors (Lipinski definition) is 2. The highest BCUT2D eigenvalue weighted by Gasteiger charge is 2.44. The van der Waals surface area contributed by atoms with Crippen LogP contribution >= 0.6 is 28.3 Å². The lowest BCUT2D eigenvalue weighted by Gasteiger charge is -2.11. The van der Waals surface area contributed by atoms with Crippen LogP contribution < -0.4 is 10.6 Å². The molecule has 1 saturated carbocycles. The average Bonchev–Trinajstić information content (AvgIpc) is 3.01. The minimum Gasteiger partial charge on any atom is -0.352 e. The van der Waals surface area contributed by atoms with Crippen LogP contribution in [0, 0.1) is 5.92 Å². The zero-order chi connectivity index (χ0) is 12.5. The summed E-state index contributed by atoms with van der Waals surface area (Å²) in [7, 11) is 0. The van der Waals surface area contributed by atoms with Crippen LogP contribution in [0.5, 0.6) is 0 Å². The summed E-state index contributed by atoms with van der Waals surface area (Å²) in [4.78, 5) is 12.1. The highest BCUT2D eigenvalue weighted by Crippen LogP contribution is 2.48. The molecule has 0 radical (unpaired) electrons. The SMILES string of the molecule is Cl.O=C(NC1CCNC1)C1CC1c1cccc(Br)c1. The number of benzene rings is 1. The second-order valence-corrected chi connectivity index (χ2v) is 6.12. The molecule has 5 heteroatoms. The van der Waals surface area contributed by atoms with Crippen molar-refractivity contribution in [2.75, 3.05) is 13.1 Å². The Balaban J connectivity index is 0.00000133. The first-order valence-electron chi connectivity index (χ1n) is 6.50. The Kier molecular flexibility index (Phi) is 4.87. The van der Waals surface area contributed by atoms with E-state index in [9.17, 15) is 4.79 Å². The van der Waals surface area contributed by atoms with E-state index in [-0.39, 0.29) is 24.2 Å². The molecular weight excluding hydrogens is 328 g/mol. The van der Waals surface area contributed by atoms with E-state index in [2.05, 4.69) is 38.7 Å². The van der Waals surface area contributed by atoms with E-state index >= 15 is 0 Å². The molecule has 3 rings (SSSR count). The van der Waals surface area contributed by atoms with Crippen LogP contribution in [-0.2, 0) is 4.79 Å². The van der Waals surface area contributed by atoms with E-state index in [4.69, 9.17) is 0 Å². The van der Waals surface area contributed by atoms with Crippen LogP contribution in [-0.4, -0.2) is 25.0 Å². The van der Waals surface area contributed by atoms with Crippen molar-refractivity contribution in [3.8, 4) is 0 Å². The molecule has 2 aliphatic rings. The Bertz CT molecular complexity index is 463. The highest BCUT2D eigenvalue weighted by atomic mass is 79.9. The van der Waals surface area contributed by atoms with E-state index in [1.807, 2.05) is 12.1 Å². The summed E-state index contributed by atoms with van der Waals surface area (Å²) in [5.74, 6) is 0.824. The van der Waals surface area contributed by atoms with E-state index in [1.54, 1.807) is 0 Å². The predicted octanol–water partition coefficient (Wildman–Crippen LogP) is 2.45. The minimum absolute atomic E-state index is 0. The molecule has 2 fully saturated rings. The Morgan fingerprint density at radius 3 is 2.95 bits per heavy atom. The van der Waals surface area contributed by atoms with Crippen LogP contribution in [0.15, 0.2) is 28.7 Å². The van der Waals surface area contributed by atoms with Crippen molar-refractivity contribution in [3.63, 3.8) is 0 Å². The zero-order valence-corrected chi connectivity index (χ0v) is 13.0. The molecule has 1 saturated heterocycles. The van der Waals surface area contributed by atoms with Crippen LogP contribution in [0.25, 0.3) is 0 Å². The van der Waals surface area contributed by atoms with Gasteiger partial charge < -0.3 is 10.6 Å². The molecule has 1 aliphatic heterocycles. The van der Waals surface area contributed by atoms with Gasteiger partial charge in [-0.15, -0.1) is 12.4 Å². The number of halogens is 2. The maximum Gasteiger partial charge on any atom is 0.224 e. The summed E-state index contributed by atoms with van der Waals surface area (Å²) >= 11 is 3.48. The zero-order valence-electron chi connectivity index (χ0n) is 10.6. The number of rotatable bonds is 3. The van der Waals surface area contributed by atoms with Gasteiger partial charge in [0.2, 0.25) is 5.91 Å². The summed E-state index contributed by atoms with van der Waals surface area (Å²) in [6.45, 7) is 1.94. The summed E-state index contributed by atoms with van der Waals surface area (Å²) in [5.41, 5.74) is 1.27. The van der Waals surface area contributed by atoms with Crippen molar-refractivity contribution in [2.45, 2.75) is 24.8 Å². The number of hydrogen-bond donors (Lipinski definition) is 2. The second kappa shape index (κ2) is 6.25. The fraction of sp³-hybridized carbons (Fsp3) is 0.500. The molecule has 1 aliphatic carbocycles. The number of amides is 1. The number of carbonyl (C=O) groups is 1. The standard InChI is InChI=1S/C14H17BrN2O.ClH/c15-10-3-1-2-9(6-10)12-7-13(12)14(18)17-11-4-5-16-8-11;/h1-3,6,11-13,16H,4-5,7-8H2,(H,17,18);1H. The Morgan fingerprint density at radius 2 is 2.26 bits per heavy atom. The fourth-order valence-electron chi connectivity index (χ4n) is 2.68. The Morgan fingerprint density at radius 1 is 1.42 bits per heavy atom. The van der Waals surface area contributed by atoms with Crippen LogP contribution in [0.2, 0.25) is 0 Å². The van der Waals surface area contributed by atoms with Gasteiger partial charge in [0.1, 0.15) is 0 Å². The van der Waals surface area contributed by atoms with Crippen molar-refractivity contribution < 1.29 is 4.79 Å². The topological polar surface area (TPSA) is 41.1 Å². The van der Waals surface area contributed by atoms with E-state index in [1.165, 1.54) is 5.56 Å². The summed E-state index contributed by atoms with van der Waals surface area (Å²) in [5, 5.41) is 6.41. The molecule has 1 aromatic rings. The third-order valence-corrected chi connectivity index (χ3v) is 4.30. The van der Waals surface area contributed by atoms with Gasteiger partial charge in [-0.3, -0.25) is 4.79 Å². The van der Waals surface area contributed by atoms with Crippen LogP contribution in [0.3, 0.4) is 0 Å². The maximum atomic E-state index is 12.1. The molecule has 3 atom stereocenters. The molecule has 1 amide bonds. The first kappa shape index (κ1) is 14.8. The number of nitrogens with one attached hydrogen (secondary N) is 2. The van der Waals surface area contributed by atoms with Gasteiger partial charge in [-0.1, -0.05) is 28.1 Å². The van der Waals surface area contributed by atoms with Crippen molar-refractivity contribution in [3.05, 3.63) is 34.3 Å². The van der Waals surface area contributed by atoms with Crippen LogP contribution in [0.1, 0.15) is 24.3 Å². The van der Waals surface area contributed by atoms with Gasteiger partial charge in [-0.05, 0) is 43.0 Å². The molecule has 1 aromatic carbocycles. The largest absolute Gasteiger partial charge is 0.352 e. The van der Waals surface area contributed by atoms with Gasteiger partial charge >= 0.3 is 0 Å². The minimum atomic E-state index is 0. The highest BCUT2D eigenvalue weighted by molar-refractivity contribution is 9.10. The summed E-state index contributed by atoms with van der Waals surface area (Å²) in [6, 6.07) is 8.62. The van der Waals surface area contributed by atoms with Gasteiger partial charge in [-0.2, -0.15) is 0 Å². The fourth-order valence-corrected chi connectivity index (χ4v) is 3.09. The monoisotopic (exact) mass is 344 g/mol. The molecular formula is C14H18BrClN2O. The second-order valence-electron chi connectivity index (χ2n) is 5.20. The van der Waals surface area contributed by atoms with Crippen molar-refractivity contribution in [1.29, 1.82) is 0 Å². The maximum absolute atomic E-state index is 12.1. The first-order valence-corrected chi connectivity index (χ1v) is 7.30. The summed E-state index contributed by atoms with van der Waals surface area (Å²) < 4.78 is 1.09. The van der Waals surface area contributed by atoms with Gasteiger partial charge in [0.15, 0.2) is 0 Å². The molecule has 1 heterocycles. The van der Waals surface area contributed by atoms with E-state index in [0.717, 1.165) is 30.4 Å². The Hall–Kier alpha value is -0.580. The van der Waals surface area contributed by atoms with Crippen molar-refractivity contribution >= 4 is 34.2 Å². The third kappa shape index (κ3) is 3.50. The third-order valence-electron chi connectivity index (χ3n) is 3.81. The molecule has 0 spiro atoms. The van der Waals surface area contributed by atoms with Gasteiger partial charge in [-0.25, -0.2) is 0 Å². The quantitative estimate of drug-likeness (QED) is 0.883. The van der Waals surface area contributed by atoms with Gasteiger partial charge in [0, 0.05) is 23.0 Å². The average molecular weight is 346 g/mol. The normalized spacial score (nSPS) is 28.6. The first-order chi connectivity index (χ1) is 8.74. The molecule has 19 heavy (non-hydrogen) atoms. The van der Waals surface area contributed by atoms with E-state index < -0.39 is 0 Å². The summed E-state index contributed by atoms with van der Waals surface area (Å²) in [6.07, 6.45) is 2.04. The molecule has 2 N–H and O–H groups in total. The van der Waals surface area contributed by atoms with Gasteiger partial charge in [0.25, 0.3) is 0 Å². The van der Waals surface area contributed by atoms with Crippen molar-refractivity contribution in [2.24, 2.45) is 5.92 Å². The van der Waals surface area contributed by atoms with Gasteiger partial charge in [0.05, 0.1) is 0 Å². The van der Waals surface area contributed by atoms with E-state index in [0.29, 0.717) is 12.0 Å². The Labute approximate surface area is 128 Å². The molecule has 0 aromatic heterocycles. The molecule has 3 unspecified atom stereocenters. The van der Waals surface area contributed by atoms with Crippen LogP contribution in [0.4, 0.5) is 0 Å². The van der Waals surface area contributed by atoms with Crippen molar-refractivity contribution in [1.82, 2.24) is 10.6 Å². The predicted molar refractivity (Wildman–Crippen MR) is 81.7 cm³/mol. The lowest BCUT2D eigenvalue weighted by molar-refractivity contribution is -0.123. The molecule has 104 valence electrons. The number of carbonyl (C=O) groups excluding carboxylic acids is 1. The molecule has 3 nitrogen and oxygen atoms in total. The lowest BCUT2D eigenvalue weighted by atomic mass is 10.1. The lowest BCUT2D eigenvalue weighted by Crippen LogP contribution is -2.37. The molecule has 0 bridgehead atoms.